The molecule has 2 atom stereocenters. The fourth-order valence-corrected chi connectivity index (χ4v) is 4.55. The van der Waals surface area contributed by atoms with Crippen LogP contribution in [0.25, 0.3) is 0 Å². The number of carbonyl (C=O) groups excluding carboxylic acids is 1. The minimum absolute atomic E-state index is 0.100. The second-order valence-corrected chi connectivity index (χ2v) is 7.85. The summed E-state index contributed by atoms with van der Waals surface area (Å²) in [5.74, 6) is 1.65. The van der Waals surface area contributed by atoms with E-state index in [2.05, 4.69) is 33.0 Å². The van der Waals surface area contributed by atoms with E-state index in [9.17, 15) is 4.79 Å². The van der Waals surface area contributed by atoms with E-state index in [1.54, 1.807) is 6.92 Å². The van der Waals surface area contributed by atoms with Crippen molar-refractivity contribution in [3.63, 3.8) is 0 Å². The number of hydrogen-bond acceptors (Lipinski definition) is 3. The summed E-state index contributed by atoms with van der Waals surface area (Å²) in [6.45, 7) is 6.55. The van der Waals surface area contributed by atoms with E-state index in [0.29, 0.717) is 12.5 Å². The molecule has 5 heteroatoms. The second kappa shape index (κ2) is 6.52. The number of ether oxygens (including phenoxy) is 1. The second-order valence-electron chi connectivity index (χ2n) is 7.00. The summed E-state index contributed by atoms with van der Waals surface area (Å²) >= 11 is 3.61. The molecular weight excluding hydrogens is 368 g/mol. The first-order valence-corrected chi connectivity index (χ1v) is 9.55. The molecule has 0 N–H and O–H groups in total. The van der Waals surface area contributed by atoms with Crippen LogP contribution in [-0.4, -0.2) is 43.6 Å². The van der Waals surface area contributed by atoms with Crippen LogP contribution >= 0.6 is 15.9 Å². The summed E-state index contributed by atoms with van der Waals surface area (Å²) < 4.78 is 7.08. The Morgan fingerprint density at radius 3 is 3.08 bits per heavy atom. The van der Waals surface area contributed by atoms with E-state index in [1.165, 1.54) is 37.1 Å². The van der Waals surface area contributed by atoms with Gasteiger partial charge in [-0.3, -0.25) is 9.69 Å². The molecule has 0 radical (unpaired) electrons. The summed E-state index contributed by atoms with van der Waals surface area (Å²) in [4.78, 5) is 16.1. The molecule has 0 spiro atoms. The molecule has 1 amide bonds. The third kappa shape index (κ3) is 3.00. The Kier molecular flexibility index (Phi) is 4.39. The van der Waals surface area contributed by atoms with Crippen molar-refractivity contribution >= 4 is 27.5 Å². The summed E-state index contributed by atoms with van der Waals surface area (Å²) in [6.07, 6.45) is 5.83. The molecule has 24 heavy (non-hydrogen) atoms. The van der Waals surface area contributed by atoms with Crippen LogP contribution in [0.4, 0.5) is 5.69 Å². The highest BCUT2D eigenvalue weighted by Gasteiger charge is 2.27. The molecule has 0 aromatic heterocycles. The molecule has 4 rings (SSSR count). The van der Waals surface area contributed by atoms with Crippen molar-refractivity contribution in [2.75, 3.05) is 37.7 Å². The maximum atomic E-state index is 11.7. The fourth-order valence-electron chi connectivity index (χ4n) is 4.10. The topological polar surface area (TPSA) is 32.8 Å². The van der Waals surface area contributed by atoms with Crippen LogP contribution in [0, 0.1) is 5.92 Å². The zero-order valence-corrected chi connectivity index (χ0v) is 15.6. The molecule has 3 aliphatic heterocycles. The van der Waals surface area contributed by atoms with Gasteiger partial charge in [0.25, 0.3) is 0 Å². The highest BCUT2D eigenvalue weighted by atomic mass is 79.9. The first kappa shape index (κ1) is 16.2. The maximum Gasteiger partial charge on any atom is 0.223 e. The van der Waals surface area contributed by atoms with Gasteiger partial charge in [0.05, 0.1) is 4.47 Å². The van der Waals surface area contributed by atoms with Crippen molar-refractivity contribution in [1.82, 2.24) is 4.90 Å². The summed E-state index contributed by atoms with van der Waals surface area (Å²) in [6, 6.07) is 4.12. The molecule has 1 saturated heterocycles. The predicted molar refractivity (Wildman–Crippen MR) is 98.6 cm³/mol. The Morgan fingerprint density at radius 1 is 1.38 bits per heavy atom. The average molecular weight is 391 g/mol. The Bertz CT molecular complexity index is 701. The molecule has 3 heterocycles. The number of rotatable bonds is 3. The van der Waals surface area contributed by atoms with Gasteiger partial charge in [0.1, 0.15) is 12.4 Å². The largest absolute Gasteiger partial charge is 0.488 e. The number of piperidine rings is 1. The molecule has 2 unspecified atom stereocenters. The number of amides is 1. The van der Waals surface area contributed by atoms with E-state index in [-0.39, 0.29) is 5.91 Å². The van der Waals surface area contributed by atoms with Gasteiger partial charge in [-0.25, -0.2) is 0 Å². The van der Waals surface area contributed by atoms with E-state index in [0.717, 1.165) is 35.4 Å². The molecular formula is C19H23BrN2O2. The van der Waals surface area contributed by atoms with Crippen molar-refractivity contribution in [3.8, 4) is 5.75 Å². The Morgan fingerprint density at radius 2 is 2.25 bits per heavy atom. The first-order valence-electron chi connectivity index (χ1n) is 8.76. The number of carbonyl (C=O) groups is 1. The van der Waals surface area contributed by atoms with Gasteiger partial charge in [-0.05, 0) is 70.9 Å². The number of hydrogen-bond donors (Lipinski definition) is 0. The van der Waals surface area contributed by atoms with Crippen LogP contribution in [0.2, 0.25) is 0 Å². The highest BCUT2D eigenvalue weighted by molar-refractivity contribution is 9.10. The fraction of sp³-hybridized carbons (Fsp3) is 0.526. The molecule has 128 valence electrons. The van der Waals surface area contributed by atoms with Gasteiger partial charge in [-0.2, -0.15) is 0 Å². The van der Waals surface area contributed by atoms with Gasteiger partial charge in [0, 0.05) is 32.2 Å². The number of halogens is 1. The Labute approximate surface area is 151 Å². The van der Waals surface area contributed by atoms with Crippen molar-refractivity contribution in [2.24, 2.45) is 5.92 Å². The SMILES string of the molecule is CC(=O)N1CCc2cc(OCC3=CCN4CCCC3C4)c(Br)cc21. The van der Waals surface area contributed by atoms with E-state index >= 15 is 0 Å². The van der Waals surface area contributed by atoms with Gasteiger partial charge >= 0.3 is 0 Å². The quantitative estimate of drug-likeness (QED) is 0.741. The van der Waals surface area contributed by atoms with Crippen molar-refractivity contribution in [2.45, 2.75) is 26.2 Å². The molecule has 1 aromatic carbocycles. The summed E-state index contributed by atoms with van der Waals surface area (Å²) in [5, 5.41) is 0. The lowest BCUT2D eigenvalue weighted by molar-refractivity contribution is -0.116. The molecule has 1 aromatic rings. The average Bonchev–Trinajstić information content (AvgIpc) is 2.97. The third-order valence-electron chi connectivity index (χ3n) is 5.44. The van der Waals surface area contributed by atoms with Crippen molar-refractivity contribution in [1.29, 1.82) is 0 Å². The minimum atomic E-state index is 0.100. The van der Waals surface area contributed by atoms with Crippen LogP contribution in [0.5, 0.6) is 5.75 Å². The lowest BCUT2D eigenvalue weighted by Gasteiger charge is -2.37. The van der Waals surface area contributed by atoms with Crippen LogP contribution < -0.4 is 9.64 Å². The zero-order valence-electron chi connectivity index (χ0n) is 14.1. The smallest absolute Gasteiger partial charge is 0.223 e. The van der Waals surface area contributed by atoms with Crippen LogP contribution in [0.1, 0.15) is 25.3 Å². The van der Waals surface area contributed by atoms with E-state index in [1.807, 2.05) is 11.0 Å². The first-order chi connectivity index (χ1) is 11.6. The third-order valence-corrected chi connectivity index (χ3v) is 6.06. The van der Waals surface area contributed by atoms with E-state index < -0.39 is 0 Å². The number of nitrogens with zero attached hydrogens (tertiary/aromatic N) is 2. The molecule has 0 aliphatic carbocycles. The standard InChI is InChI=1S/C19H23BrN2O2/c1-13(23)22-8-5-14-9-19(17(20)10-18(14)22)24-12-16-4-7-21-6-2-3-15(16)11-21/h4,9-10,15H,2-3,5-8,11-12H2,1H3. The number of fused-ring (bicyclic) bond motifs is 3. The predicted octanol–water partition coefficient (Wildman–Crippen LogP) is 3.39. The number of benzene rings is 1. The minimum Gasteiger partial charge on any atom is -0.488 e. The van der Waals surface area contributed by atoms with Crippen LogP contribution in [0.15, 0.2) is 28.3 Å². The summed E-state index contributed by atoms with van der Waals surface area (Å²) in [7, 11) is 0. The molecule has 4 nitrogen and oxygen atoms in total. The normalized spacial score (nSPS) is 25.2. The monoisotopic (exact) mass is 390 g/mol. The van der Waals surface area contributed by atoms with Crippen molar-refractivity contribution < 1.29 is 9.53 Å². The highest BCUT2D eigenvalue weighted by Crippen LogP contribution is 2.38. The Hall–Kier alpha value is -1.33. The maximum absolute atomic E-state index is 11.7. The molecule has 0 saturated carbocycles. The molecule has 3 aliphatic rings. The number of anilines is 1. The van der Waals surface area contributed by atoms with Crippen molar-refractivity contribution in [3.05, 3.63) is 33.8 Å². The van der Waals surface area contributed by atoms with Gasteiger partial charge < -0.3 is 9.64 Å². The Balaban J connectivity index is 1.49. The molecule has 1 fully saturated rings. The lowest BCUT2D eigenvalue weighted by Crippen LogP contribution is -2.40. The van der Waals surface area contributed by atoms with Gasteiger partial charge in [-0.1, -0.05) is 6.08 Å². The summed E-state index contributed by atoms with van der Waals surface area (Å²) in [5.41, 5.74) is 3.66. The van der Waals surface area contributed by atoms with Gasteiger partial charge in [0.2, 0.25) is 5.91 Å². The van der Waals surface area contributed by atoms with Gasteiger partial charge in [-0.15, -0.1) is 0 Å². The lowest BCUT2D eigenvalue weighted by atomic mass is 9.87. The van der Waals surface area contributed by atoms with Crippen LogP contribution in [-0.2, 0) is 11.2 Å². The van der Waals surface area contributed by atoms with Crippen LogP contribution in [0.3, 0.4) is 0 Å². The van der Waals surface area contributed by atoms with E-state index in [4.69, 9.17) is 4.74 Å². The zero-order chi connectivity index (χ0) is 16.7. The van der Waals surface area contributed by atoms with Gasteiger partial charge in [0.15, 0.2) is 0 Å². The molecule has 2 bridgehead atoms.